The number of halogens is 4. The molecule has 1 aromatic heterocycles. The molecule has 0 spiro atoms. The second-order valence-electron chi connectivity index (χ2n) is 10.6. The number of hydrogen-bond acceptors (Lipinski definition) is 11. The Balaban J connectivity index is 1.75. The van der Waals surface area contributed by atoms with Crippen LogP contribution < -0.4 is 26.2 Å². The van der Waals surface area contributed by atoms with E-state index in [9.17, 15) is 36.0 Å². The lowest BCUT2D eigenvalue weighted by Crippen LogP contribution is -2.39. The number of nitrogen functional groups attached to an aromatic ring is 1. The first-order valence-electron chi connectivity index (χ1n) is 15.3. The van der Waals surface area contributed by atoms with Gasteiger partial charge >= 0.3 is 18.2 Å². The molecule has 0 aliphatic carbocycles. The molecule has 0 saturated carbocycles. The van der Waals surface area contributed by atoms with Crippen LogP contribution in [0, 0.1) is 5.82 Å². The van der Waals surface area contributed by atoms with E-state index in [1.807, 2.05) is 0 Å². The maximum Gasteiger partial charge on any atom is 0.493 e. The van der Waals surface area contributed by atoms with Crippen molar-refractivity contribution in [2.24, 2.45) is 0 Å². The molecular weight excluding hydrogens is 702 g/mol. The summed E-state index contributed by atoms with van der Waals surface area (Å²) in [6.45, 7) is 3.72. The molecule has 3 aromatic carbocycles. The number of sulfone groups is 1. The number of aromatic nitrogens is 1. The quantitative estimate of drug-likeness (QED) is 0.122. The van der Waals surface area contributed by atoms with Crippen LogP contribution in [0.4, 0.5) is 39.5 Å². The molecule has 51 heavy (non-hydrogen) atoms. The van der Waals surface area contributed by atoms with Crippen molar-refractivity contribution in [2.45, 2.75) is 44.4 Å². The molecule has 0 radical (unpaired) electrons. The largest absolute Gasteiger partial charge is 0.494 e. The molecule has 0 bridgehead atoms. The van der Waals surface area contributed by atoms with Crippen molar-refractivity contribution in [3.8, 4) is 5.75 Å². The molecule has 0 saturated heterocycles. The van der Waals surface area contributed by atoms with E-state index < -0.39 is 63.8 Å². The fourth-order valence-corrected chi connectivity index (χ4v) is 5.94. The van der Waals surface area contributed by atoms with Crippen LogP contribution in [0.5, 0.6) is 5.75 Å². The Morgan fingerprint density at radius 1 is 0.980 bits per heavy atom. The molecule has 0 aliphatic rings. The van der Waals surface area contributed by atoms with Gasteiger partial charge in [-0.25, -0.2) is 27.4 Å². The van der Waals surface area contributed by atoms with Crippen molar-refractivity contribution < 1.29 is 54.7 Å². The highest BCUT2D eigenvalue weighted by molar-refractivity contribution is 7.91. The molecule has 1 heterocycles. The third-order valence-corrected chi connectivity index (χ3v) is 9.07. The molecule has 4 aromatic rings. The number of nitrogens with one attached hydrogen (secondary N) is 2. The van der Waals surface area contributed by atoms with Crippen LogP contribution in [-0.2, 0) is 35.5 Å². The number of ether oxygens (including phenoxy) is 2. The highest BCUT2D eigenvalue weighted by atomic mass is 32.2. The SMILES string of the molecule is CCOC(=O)N(OC(=O)C(F)(F)F)c1ccc(S(=O)(=O)CC)c(CNC(=O)C(Nc2ccc3c(N)nccc3c2)c2cc(OCC)ccc2F)c1. The normalized spacial score (nSPS) is 12.1. The summed E-state index contributed by atoms with van der Waals surface area (Å²) < 4.78 is 90.8. The van der Waals surface area contributed by atoms with Crippen molar-refractivity contribution in [1.82, 2.24) is 10.3 Å². The predicted molar refractivity (Wildman–Crippen MR) is 178 cm³/mol. The summed E-state index contributed by atoms with van der Waals surface area (Å²) in [5.41, 5.74) is 5.44. The zero-order chi connectivity index (χ0) is 37.5. The topological polar surface area (TPSA) is 179 Å². The van der Waals surface area contributed by atoms with Gasteiger partial charge in [0.1, 0.15) is 23.4 Å². The first-order chi connectivity index (χ1) is 24.1. The summed E-state index contributed by atoms with van der Waals surface area (Å²) in [5.74, 6) is -4.31. The van der Waals surface area contributed by atoms with Crippen LogP contribution in [-0.4, -0.2) is 56.5 Å². The molecule has 2 amide bonds. The van der Waals surface area contributed by atoms with Crippen LogP contribution in [0.25, 0.3) is 10.8 Å². The second-order valence-corrected chi connectivity index (χ2v) is 12.9. The van der Waals surface area contributed by atoms with Crippen molar-refractivity contribution in [3.63, 3.8) is 0 Å². The number of amides is 2. The fraction of sp³-hybridized carbons (Fsp3) is 0.273. The fourth-order valence-electron chi connectivity index (χ4n) is 4.83. The molecule has 272 valence electrons. The van der Waals surface area contributed by atoms with Crippen molar-refractivity contribution >= 4 is 55.8 Å². The van der Waals surface area contributed by atoms with Gasteiger partial charge in [0.25, 0.3) is 0 Å². The summed E-state index contributed by atoms with van der Waals surface area (Å²) in [6, 6.07) is 11.7. The Kier molecular flexibility index (Phi) is 11.9. The number of hydrogen-bond donors (Lipinski definition) is 3. The average molecular weight is 736 g/mol. The summed E-state index contributed by atoms with van der Waals surface area (Å²) in [7, 11) is -4.04. The molecular formula is C33H33F4N5O8S. The number of pyridine rings is 1. The number of fused-ring (bicyclic) bond motifs is 1. The smallest absolute Gasteiger partial charge is 0.493 e. The Labute approximate surface area is 289 Å². The number of alkyl halides is 3. The highest BCUT2D eigenvalue weighted by Gasteiger charge is 2.44. The molecule has 1 unspecified atom stereocenters. The number of hydroxylamine groups is 1. The number of nitrogens with two attached hydrogens (primary N) is 1. The summed E-state index contributed by atoms with van der Waals surface area (Å²) in [6.07, 6.45) is -5.53. The summed E-state index contributed by atoms with van der Waals surface area (Å²) in [4.78, 5) is 46.1. The van der Waals surface area contributed by atoms with E-state index >= 15 is 4.39 Å². The lowest BCUT2D eigenvalue weighted by atomic mass is 10.0. The maximum atomic E-state index is 15.4. The lowest BCUT2D eigenvalue weighted by molar-refractivity contribution is -0.200. The van der Waals surface area contributed by atoms with Crippen LogP contribution in [0.15, 0.2) is 71.8 Å². The zero-order valence-corrected chi connectivity index (χ0v) is 28.2. The summed E-state index contributed by atoms with van der Waals surface area (Å²) in [5, 5.41) is 6.71. The van der Waals surface area contributed by atoms with Crippen molar-refractivity contribution in [3.05, 3.63) is 83.8 Å². The van der Waals surface area contributed by atoms with Gasteiger partial charge in [0.2, 0.25) is 5.91 Å². The van der Waals surface area contributed by atoms with E-state index in [0.717, 1.165) is 24.3 Å². The highest BCUT2D eigenvalue weighted by Crippen LogP contribution is 2.31. The zero-order valence-electron chi connectivity index (χ0n) is 27.4. The van der Waals surface area contributed by atoms with Gasteiger partial charge in [0, 0.05) is 29.4 Å². The third-order valence-electron chi connectivity index (χ3n) is 7.24. The minimum Gasteiger partial charge on any atom is -0.494 e. The number of carbonyl (C=O) groups is 3. The molecule has 0 aliphatic heterocycles. The molecule has 18 heteroatoms. The number of rotatable bonds is 12. The van der Waals surface area contributed by atoms with Crippen LogP contribution in [0.3, 0.4) is 0 Å². The van der Waals surface area contributed by atoms with Gasteiger partial charge in [-0.3, -0.25) is 4.79 Å². The molecule has 0 fully saturated rings. The predicted octanol–water partition coefficient (Wildman–Crippen LogP) is 5.60. The second kappa shape index (κ2) is 15.9. The van der Waals surface area contributed by atoms with E-state index in [2.05, 4.69) is 20.5 Å². The van der Waals surface area contributed by atoms with Gasteiger partial charge in [0.15, 0.2) is 9.84 Å². The lowest BCUT2D eigenvalue weighted by Gasteiger charge is -2.23. The van der Waals surface area contributed by atoms with E-state index in [1.165, 1.54) is 32.2 Å². The third kappa shape index (κ3) is 9.13. The van der Waals surface area contributed by atoms with E-state index in [1.54, 1.807) is 31.2 Å². The maximum absolute atomic E-state index is 15.4. The van der Waals surface area contributed by atoms with Gasteiger partial charge < -0.3 is 30.7 Å². The summed E-state index contributed by atoms with van der Waals surface area (Å²) >= 11 is 0. The monoisotopic (exact) mass is 735 g/mol. The molecule has 4 rings (SSSR count). The molecule has 13 nitrogen and oxygen atoms in total. The number of benzene rings is 3. The van der Waals surface area contributed by atoms with E-state index in [0.29, 0.717) is 16.5 Å². The van der Waals surface area contributed by atoms with Crippen LogP contribution in [0.1, 0.15) is 37.9 Å². The van der Waals surface area contributed by atoms with Gasteiger partial charge in [-0.15, -0.1) is 5.06 Å². The first-order valence-corrected chi connectivity index (χ1v) is 17.0. The number of nitrogens with zero attached hydrogens (tertiary/aromatic N) is 2. The standard InChI is InChI=1S/C33H33F4N5O8S/c1-4-48-23-9-11-26(34)25(17-23)28(41-21-7-10-24-19(15-21)13-14-39-29(24)38)30(43)40-18-20-16-22(8-12-27(20)51(46,47)6-3)42(32(45)49-5-2)50-31(44)33(35,36)37/h7-17,28,41H,4-6,18H2,1-3H3,(H2,38,39)(H,40,43). The minimum absolute atomic E-state index is 0.0893. The van der Waals surface area contributed by atoms with Crippen LogP contribution in [0.2, 0.25) is 0 Å². The average Bonchev–Trinajstić information content (AvgIpc) is 3.09. The number of anilines is 3. The Morgan fingerprint density at radius 3 is 2.39 bits per heavy atom. The van der Waals surface area contributed by atoms with E-state index in [-0.39, 0.29) is 45.9 Å². The van der Waals surface area contributed by atoms with Crippen LogP contribution >= 0.6 is 0 Å². The Morgan fingerprint density at radius 2 is 1.73 bits per heavy atom. The first kappa shape index (κ1) is 38.2. The van der Waals surface area contributed by atoms with E-state index in [4.69, 9.17) is 15.2 Å². The van der Waals surface area contributed by atoms with Crippen molar-refractivity contribution in [1.29, 1.82) is 0 Å². The number of carbonyl (C=O) groups excluding carboxylic acids is 3. The van der Waals surface area contributed by atoms with Gasteiger partial charge in [-0.05, 0) is 85.5 Å². The molecule has 1 atom stereocenters. The Hall–Kier alpha value is -5.65. The molecule has 4 N–H and O–H groups in total. The van der Waals surface area contributed by atoms with Gasteiger partial charge in [-0.2, -0.15) is 13.2 Å². The Bertz CT molecular complexity index is 2050. The van der Waals surface area contributed by atoms with Crippen molar-refractivity contribution in [2.75, 3.05) is 35.1 Å². The van der Waals surface area contributed by atoms with Gasteiger partial charge in [0.05, 0.1) is 29.5 Å². The minimum atomic E-state index is -5.50. The van der Waals surface area contributed by atoms with Gasteiger partial charge in [-0.1, -0.05) is 6.92 Å².